The van der Waals surface area contributed by atoms with E-state index in [0.29, 0.717) is 25.9 Å². The fourth-order valence-corrected chi connectivity index (χ4v) is 1.53. The number of aryl methyl sites for hydroxylation is 1. The van der Waals surface area contributed by atoms with Gasteiger partial charge in [-0.3, -0.25) is 9.89 Å². The van der Waals surface area contributed by atoms with Gasteiger partial charge in [-0.1, -0.05) is 6.92 Å². The summed E-state index contributed by atoms with van der Waals surface area (Å²) in [5, 5.41) is 20.7. The van der Waals surface area contributed by atoms with Crippen LogP contribution in [0.15, 0.2) is 6.20 Å². The molecule has 0 radical (unpaired) electrons. The molecular weight excluding hydrogens is 248 g/mol. The van der Waals surface area contributed by atoms with E-state index in [0.717, 1.165) is 11.3 Å². The second-order valence-electron chi connectivity index (χ2n) is 4.51. The van der Waals surface area contributed by atoms with Crippen LogP contribution in [0, 0.1) is 12.8 Å². The van der Waals surface area contributed by atoms with Gasteiger partial charge in [-0.15, -0.1) is 0 Å². The lowest BCUT2D eigenvalue weighted by molar-refractivity contribution is -0.141. The first-order valence-electron chi connectivity index (χ1n) is 6.24. The molecule has 0 saturated heterocycles. The summed E-state index contributed by atoms with van der Waals surface area (Å²) in [7, 11) is 0. The van der Waals surface area contributed by atoms with Crippen molar-refractivity contribution in [3.8, 4) is 0 Å². The molecule has 7 heteroatoms. The van der Waals surface area contributed by atoms with Gasteiger partial charge in [0.25, 0.3) is 0 Å². The minimum atomic E-state index is -0.806. The largest absolute Gasteiger partial charge is 0.481 e. The molecule has 106 valence electrons. The van der Waals surface area contributed by atoms with E-state index in [1.165, 1.54) is 0 Å². The molecule has 0 aliphatic heterocycles. The predicted molar refractivity (Wildman–Crippen MR) is 69.6 cm³/mol. The van der Waals surface area contributed by atoms with Gasteiger partial charge in [-0.2, -0.15) is 5.10 Å². The number of carbonyl (C=O) groups excluding carboxylic acids is 1. The minimum Gasteiger partial charge on any atom is -0.481 e. The van der Waals surface area contributed by atoms with E-state index in [2.05, 4.69) is 20.8 Å². The second-order valence-corrected chi connectivity index (χ2v) is 4.51. The number of aromatic nitrogens is 2. The number of urea groups is 1. The van der Waals surface area contributed by atoms with Gasteiger partial charge in [-0.05, 0) is 19.8 Å². The number of nitrogens with zero attached hydrogens (tertiary/aromatic N) is 1. The van der Waals surface area contributed by atoms with E-state index in [1.54, 1.807) is 13.1 Å². The molecule has 1 rings (SSSR count). The van der Waals surface area contributed by atoms with Crippen LogP contribution in [0.5, 0.6) is 0 Å². The number of carboxylic acids is 1. The molecule has 19 heavy (non-hydrogen) atoms. The quantitative estimate of drug-likeness (QED) is 0.554. The first-order chi connectivity index (χ1) is 9.00. The molecule has 0 aromatic carbocycles. The first kappa shape index (κ1) is 15.0. The first-order valence-corrected chi connectivity index (χ1v) is 6.24. The van der Waals surface area contributed by atoms with Crippen molar-refractivity contribution in [2.75, 3.05) is 6.54 Å². The van der Waals surface area contributed by atoms with Crippen molar-refractivity contribution < 1.29 is 14.7 Å². The van der Waals surface area contributed by atoms with Gasteiger partial charge < -0.3 is 15.7 Å². The number of H-pyrrole nitrogens is 1. The van der Waals surface area contributed by atoms with Gasteiger partial charge in [0, 0.05) is 24.3 Å². The summed E-state index contributed by atoms with van der Waals surface area (Å²) in [5.74, 6) is -1.18. The van der Waals surface area contributed by atoms with Gasteiger partial charge in [0.15, 0.2) is 0 Å². The van der Waals surface area contributed by atoms with Crippen molar-refractivity contribution in [3.63, 3.8) is 0 Å². The van der Waals surface area contributed by atoms with Crippen molar-refractivity contribution >= 4 is 12.0 Å². The van der Waals surface area contributed by atoms with Crippen LogP contribution in [0.1, 0.15) is 31.0 Å². The number of nitrogens with one attached hydrogen (secondary N) is 3. The Labute approximate surface area is 111 Å². The Morgan fingerprint density at radius 2 is 2.21 bits per heavy atom. The topological polar surface area (TPSA) is 107 Å². The molecular formula is C12H20N4O3. The highest BCUT2D eigenvalue weighted by molar-refractivity contribution is 5.73. The fourth-order valence-electron chi connectivity index (χ4n) is 1.53. The standard InChI is InChI=1S/C12H20N4O3/c1-8(11(17)18)4-3-5-13-12(19)14-6-10-7-15-16-9(10)2/h7-8H,3-6H2,1-2H3,(H,15,16)(H,17,18)(H2,13,14,19). The van der Waals surface area contributed by atoms with Crippen LogP contribution in [0.3, 0.4) is 0 Å². The van der Waals surface area contributed by atoms with Crippen LogP contribution in [-0.2, 0) is 11.3 Å². The third-order valence-electron chi connectivity index (χ3n) is 2.89. The molecule has 0 fully saturated rings. The number of carbonyl (C=O) groups is 2. The molecule has 4 N–H and O–H groups in total. The summed E-state index contributed by atoms with van der Waals surface area (Å²) in [6.07, 6.45) is 2.87. The highest BCUT2D eigenvalue weighted by Crippen LogP contribution is 2.04. The highest BCUT2D eigenvalue weighted by Gasteiger charge is 2.10. The maximum Gasteiger partial charge on any atom is 0.315 e. The number of hydrogen-bond acceptors (Lipinski definition) is 3. The molecule has 1 unspecified atom stereocenters. The summed E-state index contributed by atoms with van der Waals surface area (Å²) >= 11 is 0. The van der Waals surface area contributed by atoms with E-state index >= 15 is 0 Å². The van der Waals surface area contributed by atoms with Gasteiger partial charge >= 0.3 is 12.0 Å². The van der Waals surface area contributed by atoms with Crippen molar-refractivity contribution in [2.24, 2.45) is 5.92 Å². The summed E-state index contributed by atoms with van der Waals surface area (Å²) in [5.41, 5.74) is 1.87. The van der Waals surface area contributed by atoms with Crippen LogP contribution in [0.2, 0.25) is 0 Å². The summed E-state index contributed by atoms with van der Waals surface area (Å²) in [6.45, 7) is 4.42. The lowest BCUT2D eigenvalue weighted by atomic mass is 10.1. The van der Waals surface area contributed by atoms with Gasteiger partial charge in [0.2, 0.25) is 0 Å². The van der Waals surface area contributed by atoms with E-state index in [1.807, 2.05) is 6.92 Å². The van der Waals surface area contributed by atoms with Crippen molar-refractivity contribution in [1.29, 1.82) is 0 Å². The van der Waals surface area contributed by atoms with E-state index < -0.39 is 5.97 Å². The van der Waals surface area contributed by atoms with E-state index in [9.17, 15) is 9.59 Å². The van der Waals surface area contributed by atoms with E-state index in [4.69, 9.17) is 5.11 Å². The maximum atomic E-state index is 11.5. The zero-order valence-electron chi connectivity index (χ0n) is 11.2. The Bertz CT molecular complexity index is 430. The zero-order chi connectivity index (χ0) is 14.3. The van der Waals surface area contributed by atoms with Gasteiger partial charge in [0.05, 0.1) is 12.1 Å². The molecule has 2 amide bonds. The molecule has 0 aliphatic carbocycles. The molecule has 0 saturated carbocycles. The van der Waals surface area contributed by atoms with Crippen LogP contribution in [0.25, 0.3) is 0 Å². The Kier molecular flexibility index (Phi) is 5.84. The zero-order valence-corrected chi connectivity index (χ0v) is 11.2. The lowest BCUT2D eigenvalue weighted by Crippen LogP contribution is -2.35. The monoisotopic (exact) mass is 268 g/mol. The molecule has 0 bridgehead atoms. The average Bonchev–Trinajstić information content (AvgIpc) is 2.77. The van der Waals surface area contributed by atoms with Crippen molar-refractivity contribution in [1.82, 2.24) is 20.8 Å². The molecule has 1 aromatic rings. The normalized spacial score (nSPS) is 11.9. The Balaban J connectivity index is 2.12. The second kappa shape index (κ2) is 7.40. The number of amides is 2. The SMILES string of the molecule is Cc1[nH]ncc1CNC(=O)NCCCC(C)C(=O)O. The van der Waals surface area contributed by atoms with Gasteiger partial charge in [-0.25, -0.2) is 4.79 Å². The molecule has 7 nitrogen and oxygen atoms in total. The van der Waals surface area contributed by atoms with Crippen molar-refractivity contribution in [2.45, 2.75) is 33.2 Å². The molecule has 1 aromatic heterocycles. The fraction of sp³-hybridized carbons (Fsp3) is 0.583. The third-order valence-corrected chi connectivity index (χ3v) is 2.89. The number of aliphatic carboxylic acids is 1. The van der Waals surface area contributed by atoms with Crippen LogP contribution in [-0.4, -0.2) is 33.8 Å². The van der Waals surface area contributed by atoms with Crippen LogP contribution in [0.4, 0.5) is 4.79 Å². The third kappa shape index (κ3) is 5.41. The van der Waals surface area contributed by atoms with E-state index in [-0.39, 0.29) is 11.9 Å². The van der Waals surface area contributed by atoms with Crippen LogP contribution >= 0.6 is 0 Å². The average molecular weight is 268 g/mol. The Morgan fingerprint density at radius 3 is 2.79 bits per heavy atom. The number of aromatic amines is 1. The molecule has 1 atom stereocenters. The molecule has 1 heterocycles. The summed E-state index contributed by atoms with van der Waals surface area (Å²) < 4.78 is 0. The Hall–Kier alpha value is -2.05. The lowest BCUT2D eigenvalue weighted by Gasteiger charge is -2.08. The predicted octanol–water partition coefficient (Wildman–Crippen LogP) is 1.02. The summed E-state index contributed by atoms with van der Waals surface area (Å²) in [6, 6.07) is -0.261. The highest BCUT2D eigenvalue weighted by atomic mass is 16.4. The Morgan fingerprint density at radius 1 is 1.47 bits per heavy atom. The van der Waals surface area contributed by atoms with Crippen LogP contribution < -0.4 is 10.6 Å². The molecule has 0 aliphatic rings. The van der Waals surface area contributed by atoms with Crippen molar-refractivity contribution in [3.05, 3.63) is 17.5 Å². The van der Waals surface area contributed by atoms with Gasteiger partial charge in [0.1, 0.15) is 0 Å². The molecule has 0 spiro atoms. The summed E-state index contributed by atoms with van der Waals surface area (Å²) in [4.78, 5) is 22.0. The minimum absolute atomic E-state index is 0.261. The number of carboxylic acid groups (broad SMARTS) is 1. The number of rotatable bonds is 7. The smallest absolute Gasteiger partial charge is 0.315 e. The number of hydrogen-bond donors (Lipinski definition) is 4. The maximum absolute atomic E-state index is 11.5.